The number of rotatable bonds is 3. The first kappa shape index (κ1) is 13.9. The van der Waals surface area contributed by atoms with Crippen LogP contribution in [0.25, 0.3) is 0 Å². The summed E-state index contributed by atoms with van der Waals surface area (Å²) in [6.45, 7) is 0. The van der Waals surface area contributed by atoms with E-state index in [2.05, 4.69) is 38.5 Å². The molecule has 92 valence electrons. The van der Waals surface area contributed by atoms with E-state index in [0.29, 0.717) is 4.47 Å². The Balaban J connectivity index is 2.27. The number of halogens is 2. The van der Waals surface area contributed by atoms with E-state index in [1.807, 2.05) is 30.3 Å². The van der Waals surface area contributed by atoms with Gasteiger partial charge >= 0.3 is 5.97 Å². The van der Waals surface area contributed by atoms with Crippen LogP contribution in [-0.4, -0.2) is 11.1 Å². The summed E-state index contributed by atoms with van der Waals surface area (Å²) < 4.78 is 1.78. The van der Waals surface area contributed by atoms with Gasteiger partial charge in [0.2, 0.25) is 0 Å². The van der Waals surface area contributed by atoms with Crippen molar-refractivity contribution in [1.82, 2.24) is 0 Å². The van der Waals surface area contributed by atoms with Gasteiger partial charge in [-0.05, 0) is 81.0 Å². The smallest absolute Gasteiger partial charge is 0.336 e. The van der Waals surface area contributed by atoms with E-state index in [-0.39, 0.29) is 5.56 Å². The molecular weight excluding hydrogens is 427 g/mol. The van der Waals surface area contributed by atoms with E-state index in [0.717, 1.165) is 9.79 Å². The molecule has 0 fully saturated rings. The summed E-state index contributed by atoms with van der Waals surface area (Å²) in [4.78, 5) is 13.0. The Kier molecular flexibility index (Phi) is 4.69. The average Bonchev–Trinajstić information content (AvgIpc) is 2.34. The van der Waals surface area contributed by atoms with Crippen LogP contribution < -0.4 is 0 Å². The number of hydrogen-bond acceptors (Lipinski definition) is 2. The molecule has 0 aliphatic carbocycles. The van der Waals surface area contributed by atoms with E-state index >= 15 is 0 Å². The lowest BCUT2D eigenvalue weighted by molar-refractivity contribution is 0.0695. The van der Waals surface area contributed by atoms with Crippen molar-refractivity contribution < 1.29 is 9.90 Å². The summed E-state index contributed by atoms with van der Waals surface area (Å²) in [5.74, 6) is -0.924. The summed E-state index contributed by atoms with van der Waals surface area (Å²) in [7, 11) is 0. The molecule has 0 amide bonds. The first-order valence-corrected chi connectivity index (χ1v) is 7.71. The van der Waals surface area contributed by atoms with Gasteiger partial charge in [0.25, 0.3) is 0 Å². The topological polar surface area (TPSA) is 37.3 Å². The Morgan fingerprint density at radius 3 is 2.33 bits per heavy atom. The predicted octanol–water partition coefficient (Wildman–Crippen LogP) is 4.90. The molecule has 0 saturated heterocycles. The molecule has 2 rings (SSSR count). The van der Waals surface area contributed by atoms with Gasteiger partial charge in [-0.3, -0.25) is 0 Å². The van der Waals surface area contributed by atoms with Crippen LogP contribution in [0.3, 0.4) is 0 Å². The monoisotopic (exact) mass is 434 g/mol. The molecule has 0 heterocycles. The van der Waals surface area contributed by atoms with Crippen molar-refractivity contribution >= 4 is 56.3 Å². The largest absolute Gasteiger partial charge is 0.478 e. The summed E-state index contributed by atoms with van der Waals surface area (Å²) in [6.07, 6.45) is 0. The molecule has 0 spiro atoms. The molecule has 18 heavy (non-hydrogen) atoms. The fraction of sp³-hybridized carbons (Fsp3) is 0. The molecule has 2 nitrogen and oxygen atoms in total. The van der Waals surface area contributed by atoms with Gasteiger partial charge in [0.05, 0.1) is 5.56 Å². The first-order chi connectivity index (χ1) is 8.56. The highest BCUT2D eigenvalue weighted by Gasteiger charge is 2.09. The lowest BCUT2D eigenvalue weighted by atomic mass is 10.2. The summed E-state index contributed by atoms with van der Waals surface area (Å²) in [5.41, 5.74) is 0.283. The molecule has 0 aliphatic rings. The fourth-order valence-corrected chi connectivity index (χ4v) is 3.00. The first-order valence-electron chi connectivity index (χ1n) is 5.02. The standard InChI is InChI=1S/C13H8BrIO2S/c14-12-6-5-10(7-11(12)13(16)17)18-9-3-1-8(15)2-4-9/h1-7H,(H,16,17). The Hall–Kier alpha value is -0.530. The van der Waals surface area contributed by atoms with Crippen LogP contribution in [0, 0.1) is 3.57 Å². The van der Waals surface area contributed by atoms with Crippen molar-refractivity contribution in [3.05, 3.63) is 56.1 Å². The fourth-order valence-electron chi connectivity index (χ4n) is 1.37. The van der Waals surface area contributed by atoms with Gasteiger partial charge in [-0.1, -0.05) is 11.8 Å². The molecule has 0 bridgehead atoms. The highest BCUT2D eigenvalue weighted by Crippen LogP contribution is 2.30. The van der Waals surface area contributed by atoms with Crippen LogP contribution in [0.15, 0.2) is 56.7 Å². The van der Waals surface area contributed by atoms with Crippen LogP contribution in [0.1, 0.15) is 10.4 Å². The predicted molar refractivity (Wildman–Crippen MR) is 84.4 cm³/mol. The Morgan fingerprint density at radius 1 is 1.11 bits per heavy atom. The molecule has 2 aromatic rings. The maximum atomic E-state index is 11.0. The lowest BCUT2D eigenvalue weighted by Crippen LogP contribution is -1.97. The van der Waals surface area contributed by atoms with E-state index in [9.17, 15) is 4.79 Å². The number of carbonyl (C=O) groups is 1. The van der Waals surface area contributed by atoms with Crippen LogP contribution in [-0.2, 0) is 0 Å². The summed E-state index contributed by atoms with van der Waals surface area (Å²) in [5, 5.41) is 9.05. The summed E-state index contributed by atoms with van der Waals surface area (Å²) in [6, 6.07) is 13.4. The number of carboxylic acid groups (broad SMARTS) is 1. The van der Waals surface area contributed by atoms with E-state index < -0.39 is 5.97 Å². The third kappa shape index (κ3) is 3.49. The molecule has 0 aliphatic heterocycles. The minimum absolute atomic E-state index is 0.283. The zero-order chi connectivity index (χ0) is 13.1. The second-order valence-electron chi connectivity index (χ2n) is 3.50. The maximum absolute atomic E-state index is 11.0. The van der Waals surface area contributed by atoms with Gasteiger partial charge < -0.3 is 5.11 Å². The number of carboxylic acids is 1. The second-order valence-corrected chi connectivity index (χ2v) is 6.75. The van der Waals surface area contributed by atoms with E-state index in [1.165, 1.54) is 3.57 Å². The highest BCUT2D eigenvalue weighted by atomic mass is 127. The van der Waals surface area contributed by atoms with Crippen molar-refractivity contribution in [2.75, 3.05) is 0 Å². The average molecular weight is 435 g/mol. The SMILES string of the molecule is O=C(O)c1cc(Sc2ccc(I)cc2)ccc1Br. The molecule has 1 N–H and O–H groups in total. The third-order valence-electron chi connectivity index (χ3n) is 2.22. The molecular formula is C13H8BrIO2S. The minimum atomic E-state index is -0.924. The summed E-state index contributed by atoms with van der Waals surface area (Å²) >= 11 is 7.04. The Morgan fingerprint density at radius 2 is 1.72 bits per heavy atom. The molecule has 2 aromatic carbocycles. The van der Waals surface area contributed by atoms with Gasteiger partial charge in [-0.25, -0.2) is 4.79 Å². The molecule has 0 aromatic heterocycles. The maximum Gasteiger partial charge on any atom is 0.336 e. The van der Waals surface area contributed by atoms with Crippen molar-refractivity contribution in [1.29, 1.82) is 0 Å². The van der Waals surface area contributed by atoms with Gasteiger partial charge in [-0.15, -0.1) is 0 Å². The van der Waals surface area contributed by atoms with Crippen LogP contribution in [0.5, 0.6) is 0 Å². The van der Waals surface area contributed by atoms with Gasteiger partial charge in [-0.2, -0.15) is 0 Å². The van der Waals surface area contributed by atoms with Gasteiger partial charge in [0, 0.05) is 17.8 Å². The number of benzene rings is 2. The zero-order valence-electron chi connectivity index (χ0n) is 9.06. The van der Waals surface area contributed by atoms with Gasteiger partial charge in [0.15, 0.2) is 0 Å². The van der Waals surface area contributed by atoms with E-state index in [1.54, 1.807) is 23.9 Å². The van der Waals surface area contributed by atoms with Crippen LogP contribution in [0.2, 0.25) is 0 Å². The molecule has 0 unspecified atom stereocenters. The van der Waals surface area contributed by atoms with Crippen LogP contribution >= 0.6 is 50.3 Å². The number of aromatic carboxylic acids is 1. The van der Waals surface area contributed by atoms with Crippen molar-refractivity contribution in [3.8, 4) is 0 Å². The van der Waals surface area contributed by atoms with E-state index in [4.69, 9.17) is 5.11 Å². The van der Waals surface area contributed by atoms with Gasteiger partial charge in [0.1, 0.15) is 0 Å². The Labute approximate surface area is 131 Å². The van der Waals surface area contributed by atoms with Crippen molar-refractivity contribution in [2.24, 2.45) is 0 Å². The number of hydrogen-bond donors (Lipinski definition) is 1. The normalized spacial score (nSPS) is 10.3. The van der Waals surface area contributed by atoms with Crippen molar-refractivity contribution in [2.45, 2.75) is 9.79 Å². The highest BCUT2D eigenvalue weighted by molar-refractivity contribution is 14.1. The molecule has 0 radical (unpaired) electrons. The molecule has 0 atom stereocenters. The molecule has 5 heteroatoms. The molecule has 0 saturated carbocycles. The second kappa shape index (κ2) is 6.08. The lowest BCUT2D eigenvalue weighted by Gasteiger charge is -2.05. The van der Waals surface area contributed by atoms with Crippen LogP contribution in [0.4, 0.5) is 0 Å². The Bertz CT molecular complexity index is 584. The quantitative estimate of drug-likeness (QED) is 0.698. The zero-order valence-corrected chi connectivity index (χ0v) is 13.6. The van der Waals surface area contributed by atoms with Crippen molar-refractivity contribution in [3.63, 3.8) is 0 Å². The minimum Gasteiger partial charge on any atom is -0.478 e. The third-order valence-corrected chi connectivity index (χ3v) is 4.63.